The highest BCUT2D eigenvalue weighted by atomic mass is 35.5. The largest absolute Gasteiger partial charge is 0.466 e. The molecule has 2 aromatic carbocycles. The summed E-state index contributed by atoms with van der Waals surface area (Å²) in [5.41, 5.74) is 10.5. The van der Waals surface area contributed by atoms with E-state index in [4.69, 9.17) is 26.8 Å². The van der Waals surface area contributed by atoms with E-state index in [2.05, 4.69) is 19.1 Å². The molecule has 1 unspecified atom stereocenters. The van der Waals surface area contributed by atoms with E-state index in [0.29, 0.717) is 10.8 Å². The van der Waals surface area contributed by atoms with E-state index in [1.165, 1.54) is 7.11 Å². The van der Waals surface area contributed by atoms with Crippen LogP contribution in [0.25, 0.3) is 0 Å². The van der Waals surface area contributed by atoms with Crippen molar-refractivity contribution in [3.8, 4) is 6.07 Å². The van der Waals surface area contributed by atoms with Gasteiger partial charge in [0.15, 0.2) is 0 Å². The SMILES string of the molecule is COC(=O)C1=C(C)OC(N)=C(C#N)C1c1cc(CSc2ccc(Cl)cc2)c(C)cc1C. The molecule has 1 heterocycles. The fourth-order valence-electron chi connectivity index (χ4n) is 3.64. The quantitative estimate of drug-likeness (QED) is 0.474. The first-order chi connectivity index (χ1) is 14.8. The average Bonchev–Trinajstić information content (AvgIpc) is 2.73. The summed E-state index contributed by atoms with van der Waals surface area (Å²) in [5, 5.41) is 10.5. The topological polar surface area (TPSA) is 85.3 Å². The third kappa shape index (κ3) is 4.73. The minimum Gasteiger partial charge on any atom is -0.466 e. The zero-order valence-electron chi connectivity index (χ0n) is 17.8. The van der Waals surface area contributed by atoms with Gasteiger partial charge in [0, 0.05) is 15.7 Å². The lowest BCUT2D eigenvalue weighted by molar-refractivity contribution is -0.136. The van der Waals surface area contributed by atoms with E-state index in [1.54, 1.807) is 18.7 Å². The van der Waals surface area contributed by atoms with Crippen molar-refractivity contribution in [2.24, 2.45) is 5.73 Å². The van der Waals surface area contributed by atoms with Crippen LogP contribution >= 0.6 is 23.4 Å². The molecule has 0 spiro atoms. The number of hydrogen-bond donors (Lipinski definition) is 1. The Hall–Kier alpha value is -2.88. The molecule has 2 N–H and O–H groups in total. The molecule has 2 aromatic rings. The Labute approximate surface area is 191 Å². The summed E-state index contributed by atoms with van der Waals surface area (Å²) in [6, 6.07) is 13.9. The van der Waals surface area contributed by atoms with Gasteiger partial charge in [0.1, 0.15) is 17.4 Å². The van der Waals surface area contributed by atoms with Gasteiger partial charge in [-0.2, -0.15) is 5.26 Å². The second-order valence-electron chi connectivity index (χ2n) is 7.26. The van der Waals surface area contributed by atoms with Crippen molar-refractivity contribution in [1.29, 1.82) is 5.26 Å². The number of benzene rings is 2. The summed E-state index contributed by atoms with van der Waals surface area (Å²) in [7, 11) is 1.31. The number of allylic oxidation sites excluding steroid dienone is 2. The Morgan fingerprint density at radius 1 is 1.23 bits per heavy atom. The number of rotatable bonds is 5. The number of nitrogens with zero attached hydrogens (tertiary/aromatic N) is 1. The van der Waals surface area contributed by atoms with Crippen LogP contribution in [0.5, 0.6) is 0 Å². The molecule has 3 rings (SSSR count). The summed E-state index contributed by atoms with van der Waals surface area (Å²) in [4.78, 5) is 13.7. The number of carbonyl (C=O) groups is 1. The molecule has 5 nitrogen and oxygen atoms in total. The molecular weight excluding hydrogens is 432 g/mol. The molecule has 0 saturated heterocycles. The van der Waals surface area contributed by atoms with Crippen LogP contribution in [0, 0.1) is 25.2 Å². The number of thioether (sulfide) groups is 1. The highest BCUT2D eigenvalue weighted by Crippen LogP contribution is 2.42. The fourth-order valence-corrected chi connectivity index (χ4v) is 4.73. The highest BCUT2D eigenvalue weighted by Gasteiger charge is 2.37. The summed E-state index contributed by atoms with van der Waals surface area (Å²) >= 11 is 7.67. The number of carbonyl (C=O) groups excluding carboxylic acids is 1. The highest BCUT2D eigenvalue weighted by molar-refractivity contribution is 7.98. The molecule has 7 heteroatoms. The third-order valence-electron chi connectivity index (χ3n) is 5.25. The molecule has 1 atom stereocenters. The molecule has 0 aromatic heterocycles. The normalized spacial score (nSPS) is 16.1. The van der Waals surface area contributed by atoms with Gasteiger partial charge in [0.2, 0.25) is 5.88 Å². The Morgan fingerprint density at radius 2 is 1.90 bits per heavy atom. The monoisotopic (exact) mass is 454 g/mol. The van der Waals surface area contributed by atoms with E-state index in [9.17, 15) is 10.1 Å². The van der Waals surface area contributed by atoms with E-state index >= 15 is 0 Å². The minimum atomic E-state index is -0.647. The van der Waals surface area contributed by atoms with Crippen molar-refractivity contribution in [3.63, 3.8) is 0 Å². The van der Waals surface area contributed by atoms with Gasteiger partial charge in [-0.1, -0.05) is 23.7 Å². The van der Waals surface area contributed by atoms with Crippen molar-refractivity contribution in [3.05, 3.63) is 86.5 Å². The zero-order valence-corrected chi connectivity index (χ0v) is 19.4. The van der Waals surface area contributed by atoms with E-state index in [-0.39, 0.29) is 17.0 Å². The molecule has 0 bridgehead atoms. The average molecular weight is 455 g/mol. The van der Waals surface area contributed by atoms with Crippen molar-refractivity contribution >= 4 is 29.3 Å². The maximum Gasteiger partial charge on any atom is 0.338 e. The Kier molecular flexibility index (Phi) is 6.99. The number of methoxy groups -OCH3 is 1. The molecule has 0 aliphatic carbocycles. The van der Waals surface area contributed by atoms with Crippen molar-refractivity contribution < 1.29 is 14.3 Å². The minimum absolute atomic E-state index is 0.00900. The van der Waals surface area contributed by atoms with Crippen LogP contribution < -0.4 is 5.73 Å². The Bertz CT molecular complexity index is 1130. The molecule has 0 fully saturated rings. The number of hydrogen-bond acceptors (Lipinski definition) is 6. The van der Waals surface area contributed by atoms with Gasteiger partial charge >= 0.3 is 5.97 Å². The summed E-state index contributed by atoms with van der Waals surface area (Å²) in [6.45, 7) is 5.67. The number of aryl methyl sites for hydroxylation is 2. The third-order valence-corrected chi connectivity index (χ3v) is 6.57. The maximum absolute atomic E-state index is 12.6. The molecular formula is C24H23ClN2O3S. The van der Waals surface area contributed by atoms with Crippen LogP contribution in [-0.2, 0) is 20.0 Å². The standard InChI is InChI=1S/C24H23ClN2O3S/c1-13-9-14(2)19(10-16(13)12-31-18-7-5-17(25)6-8-18)22-20(11-26)23(27)30-15(3)21(22)24(28)29-4/h5-10,22H,12,27H2,1-4H3. The number of halogens is 1. The summed E-state index contributed by atoms with van der Waals surface area (Å²) < 4.78 is 10.5. The maximum atomic E-state index is 12.6. The van der Waals surface area contributed by atoms with Crippen LogP contribution in [0.1, 0.15) is 35.1 Å². The lowest BCUT2D eigenvalue weighted by atomic mass is 9.80. The van der Waals surface area contributed by atoms with Gasteiger partial charge in [-0.3, -0.25) is 0 Å². The molecule has 1 aliphatic heterocycles. The Balaban J connectivity index is 2.06. The van der Waals surface area contributed by atoms with E-state index in [1.807, 2.05) is 37.3 Å². The number of nitrogens with two attached hydrogens (primary N) is 1. The molecule has 0 amide bonds. The molecule has 0 radical (unpaired) electrons. The molecule has 0 saturated carbocycles. The number of ether oxygens (including phenoxy) is 2. The smallest absolute Gasteiger partial charge is 0.338 e. The van der Waals surface area contributed by atoms with Gasteiger partial charge in [-0.15, -0.1) is 11.8 Å². The van der Waals surface area contributed by atoms with Crippen LogP contribution in [0.4, 0.5) is 0 Å². The predicted octanol–water partition coefficient (Wildman–Crippen LogP) is 5.50. The summed E-state index contributed by atoms with van der Waals surface area (Å²) in [5.74, 6) is -0.118. The van der Waals surface area contributed by atoms with Gasteiger partial charge in [0.05, 0.1) is 18.6 Å². The van der Waals surface area contributed by atoms with Gasteiger partial charge < -0.3 is 15.2 Å². The number of nitriles is 1. The zero-order chi connectivity index (χ0) is 22.7. The van der Waals surface area contributed by atoms with Crippen LogP contribution in [0.2, 0.25) is 5.02 Å². The first-order valence-corrected chi connectivity index (χ1v) is 11.0. The molecule has 1 aliphatic rings. The predicted molar refractivity (Wildman–Crippen MR) is 122 cm³/mol. The summed E-state index contributed by atoms with van der Waals surface area (Å²) in [6.07, 6.45) is 0. The van der Waals surface area contributed by atoms with Crippen molar-refractivity contribution in [2.75, 3.05) is 7.11 Å². The van der Waals surface area contributed by atoms with Crippen LogP contribution in [0.15, 0.2) is 64.1 Å². The van der Waals surface area contributed by atoms with Crippen LogP contribution in [-0.4, -0.2) is 13.1 Å². The fraction of sp³-hybridized carbons (Fsp3) is 0.250. The number of esters is 1. The first-order valence-electron chi connectivity index (χ1n) is 9.61. The van der Waals surface area contributed by atoms with Gasteiger partial charge in [-0.05, 0) is 67.3 Å². The van der Waals surface area contributed by atoms with Gasteiger partial charge in [0.25, 0.3) is 0 Å². The molecule has 160 valence electrons. The van der Waals surface area contributed by atoms with Gasteiger partial charge in [-0.25, -0.2) is 4.79 Å². The molecule has 31 heavy (non-hydrogen) atoms. The van der Waals surface area contributed by atoms with Crippen molar-refractivity contribution in [1.82, 2.24) is 0 Å². The Morgan fingerprint density at radius 3 is 2.52 bits per heavy atom. The van der Waals surface area contributed by atoms with E-state index < -0.39 is 11.9 Å². The van der Waals surface area contributed by atoms with Crippen LogP contribution in [0.3, 0.4) is 0 Å². The van der Waals surface area contributed by atoms with Crippen molar-refractivity contribution in [2.45, 2.75) is 37.3 Å². The van der Waals surface area contributed by atoms with E-state index in [0.717, 1.165) is 32.9 Å². The first kappa shape index (κ1) is 22.8. The lowest BCUT2D eigenvalue weighted by Gasteiger charge is -2.28. The lowest BCUT2D eigenvalue weighted by Crippen LogP contribution is -2.25. The second-order valence-corrected chi connectivity index (χ2v) is 8.75. The second kappa shape index (κ2) is 9.51.